The molecule has 1 aromatic carbocycles. The normalized spacial score (nSPS) is 17.0. The topological polar surface area (TPSA) is 29.0 Å². The Morgan fingerprint density at radius 2 is 1.90 bits per heavy atom. The minimum absolute atomic E-state index is 0.444. The summed E-state index contributed by atoms with van der Waals surface area (Å²) in [5, 5.41) is 0. The van der Waals surface area contributed by atoms with Crippen molar-refractivity contribution in [2.45, 2.75) is 25.3 Å². The van der Waals surface area contributed by atoms with Crippen LogP contribution in [0.5, 0.6) is 0 Å². The van der Waals surface area contributed by atoms with Crippen LogP contribution in [0.25, 0.3) is 0 Å². The van der Waals surface area contributed by atoms with Crippen molar-refractivity contribution >= 4 is 0 Å². The summed E-state index contributed by atoms with van der Waals surface area (Å²) >= 11 is 0. The molecule has 0 bridgehead atoms. The van der Waals surface area contributed by atoms with E-state index in [1.54, 1.807) is 18.5 Å². The maximum atomic E-state index is 13.2. The summed E-state index contributed by atoms with van der Waals surface area (Å²) in [6, 6.07) is 4.12. The fourth-order valence-corrected chi connectivity index (χ4v) is 2.80. The summed E-state index contributed by atoms with van der Waals surface area (Å²) in [5.74, 6) is -1.12. The SMILES string of the molecule is Fc1ccc(CN2CCC(c3cnccn3)CC2)cc1F. The van der Waals surface area contributed by atoms with E-state index >= 15 is 0 Å². The molecule has 1 aromatic heterocycles. The molecule has 2 heterocycles. The van der Waals surface area contributed by atoms with Gasteiger partial charge in [-0.3, -0.25) is 14.9 Å². The van der Waals surface area contributed by atoms with Gasteiger partial charge in [0.25, 0.3) is 0 Å². The van der Waals surface area contributed by atoms with Gasteiger partial charge in [-0.15, -0.1) is 0 Å². The molecule has 1 fully saturated rings. The first-order chi connectivity index (χ1) is 10.2. The molecule has 0 unspecified atom stereocenters. The number of hydrogen-bond acceptors (Lipinski definition) is 3. The van der Waals surface area contributed by atoms with E-state index in [9.17, 15) is 8.78 Å². The number of halogens is 2. The van der Waals surface area contributed by atoms with Crippen LogP contribution in [-0.2, 0) is 6.54 Å². The van der Waals surface area contributed by atoms with Crippen molar-refractivity contribution in [3.8, 4) is 0 Å². The fourth-order valence-electron chi connectivity index (χ4n) is 2.80. The highest BCUT2D eigenvalue weighted by atomic mass is 19.2. The Bertz CT molecular complexity index is 596. The monoisotopic (exact) mass is 289 g/mol. The number of aromatic nitrogens is 2. The van der Waals surface area contributed by atoms with Crippen molar-refractivity contribution < 1.29 is 8.78 Å². The standard InChI is InChI=1S/C16H17F2N3/c17-14-2-1-12(9-15(14)18)11-21-7-3-13(4-8-21)16-10-19-5-6-20-16/h1-2,5-6,9-10,13H,3-4,7-8,11H2. The average molecular weight is 289 g/mol. The van der Waals surface area contributed by atoms with Crippen LogP contribution in [0.3, 0.4) is 0 Å². The summed E-state index contributed by atoms with van der Waals surface area (Å²) < 4.78 is 26.1. The lowest BCUT2D eigenvalue weighted by atomic mass is 9.93. The number of piperidine rings is 1. The van der Waals surface area contributed by atoms with Gasteiger partial charge in [0.1, 0.15) is 0 Å². The van der Waals surface area contributed by atoms with Crippen molar-refractivity contribution in [3.05, 3.63) is 59.7 Å². The van der Waals surface area contributed by atoms with Gasteiger partial charge in [0, 0.05) is 31.1 Å². The summed E-state index contributed by atoms with van der Waals surface area (Å²) in [4.78, 5) is 10.7. The highest BCUT2D eigenvalue weighted by Crippen LogP contribution is 2.26. The largest absolute Gasteiger partial charge is 0.299 e. The molecule has 0 spiro atoms. The fraction of sp³-hybridized carbons (Fsp3) is 0.375. The second-order valence-corrected chi connectivity index (χ2v) is 5.43. The summed E-state index contributed by atoms with van der Waals surface area (Å²) in [6.07, 6.45) is 7.27. The minimum Gasteiger partial charge on any atom is -0.299 e. The zero-order valence-electron chi connectivity index (χ0n) is 11.7. The maximum Gasteiger partial charge on any atom is 0.159 e. The van der Waals surface area contributed by atoms with Crippen molar-refractivity contribution in [2.24, 2.45) is 0 Å². The number of rotatable bonds is 3. The molecule has 3 rings (SSSR count). The second-order valence-electron chi connectivity index (χ2n) is 5.43. The van der Waals surface area contributed by atoms with Crippen molar-refractivity contribution in [1.29, 1.82) is 0 Å². The van der Waals surface area contributed by atoms with E-state index in [2.05, 4.69) is 14.9 Å². The summed E-state index contributed by atoms with van der Waals surface area (Å²) in [6.45, 7) is 2.52. The quantitative estimate of drug-likeness (QED) is 0.869. The number of benzene rings is 1. The third kappa shape index (κ3) is 3.42. The van der Waals surface area contributed by atoms with Gasteiger partial charge in [-0.1, -0.05) is 6.07 Å². The molecule has 1 aliphatic heterocycles. The third-order valence-electron chi connectivity index (χ3n) is 3.98. The molecule has 0 N–H and O–H groups in total. The average Bonchev–Trinajstić information content (AvgIpc) is 2.53. The Labute approximate surface area is 122 Å². The van der Waals surface area contributed by atoms with Crippen LogP contribution in [0.4, 0.5) is 8.78 Å². The first kappa shape index (κ1) is 14.1. The van der Waals surface area contributed by atoms with E-state index < -0.39 is 11.6 Å². The van der Waals surface area contributed by atoms with E-state index in [4.69, 9.17) is 0 Å². The first-order valence-electron chi connectivity index (χ1n) is 7.14. The Hall–Kier alpha value is -1.88. The van der Waals surface area contributed by atoms with Gasteiger partial charge in [0.2, 0.25) is 0 Å². The highest BCUT2D eigenvalue weighted by molar-refractivity contribution is 5.18. The molecule has 21 heavy (non-hydrogen) atoms. The van der Waals surface area contributed by atoms with E-state index in [-0.39, 0.29) is 0 Å². The van der Waals surface area contributed by atoms with Crippen LogP contribution in [0.15, 0.2) is 36.8 Å². The molecule has 0 aliphatic carbocycles. The van der Waals surface area contributed by atoms with Crippen molar-refractivity contribution in [1.82, 2.24) is 14.9 Å². The molecule has 3 nitrogen and oxygen atoms in total. The zero-order valence-corrected chi connectivity index (χ0v) is 11.7. The molecule has 0 atom stereocenters. The minimum atomic E-state index is -0.792. The van der Waals surface area contributed by atoms with Crippen molar-refractivity contribution in [2.75, 3.05) is 13.1 Å². The van der Waals surface area contributed by atoms with Crippen LogP contribution < -0.4 is 0 Å². The van der Waals surface area contributed by atoms with E-state index in [1.807, 2.05) is 6.20 Å². The Balaban J connectivity index is 1.57. The molecule has 0 saturated carbocycles. The molecule has 0 radical (unpaired) electrons. The highest BCUT2D eigenvalue weighted by Gasteiger charge is 2.21. The van der Waals surface area contributed by atoms with Gasteiger partial charge in [-0.2, -0.15) is 0 Å². The van der Waals surface area contributed by atoms with E-state index in [0.29, 0.717) is 12.5 Å². The van der Waals surface area contributed by atoms with Crippen LogP contribution in [0, 0.1) is 11.6 Å². The van der Waals surface area contributed by atoms with Gasteiger partial charge < -0.3 is 0 Å². The van der Waals surface area contributed by atoms with Gasteiger partial charge in [-0.25, -0.2) is 8.78 Å². The van der Waals surface area contributed by atoms with Gasteiger partial charge in [0.05, 0.1) is 5.69 Å². The molecule has 5 heteroatoms. The molecular formula is C16H17F2N3. The summed E-state index contributed by atoms with van der Waals surface area (Å²) in [5.41, 5.74) is 1.86. The Morgan fingerprint density at radius 1 is 1.10 bits per heavy atom. The molecule has 110 valence electrons. The lowest BCUT2D eigenvalue weighted by Crippen LogP contribution is -2.32. The second kappa shape index (κ2) is 6.26. The van der Waals surface area contributed by atoms with Crippen LogP contribution >= 0.6 is 0 Å². The lowest BCUT2D eigenvalue weighted by Gasteiger charge is -2.31. The maximum absolute atomic E-state index is 13.2. The Kier molecular flexibility index (Phi) is 4.20. The van der Waals surface area contributed by atoms with Crippen LogP contribution in [0.1, 0.15) is 30.0 Å². The van der Waals surface area contributed by atoms with Gasteiger partial charge in [0.15, 0.2) is 11.6 Å². The predicted octanol–water partition coefficient (Wildman–Crippen LogP) is 3.13. The number of nitrogens with zero attached hydrogens (tertiary/aromatic N) is 3. The summed E-state index contributed by atoms with van der Waals surface area (Å²) in [7, 11) is 0. The Morgan fingerprint density at radius 3 is 2.57 bits per heavy atom. The van der Waals surface area contributed by atoms with E-state index in [1.165, 1.54) is 12.1 Å². The van der Waals surface area contributed by atoms with Crippen LogP contribution in [0.2, 0.25) is 0 Å². The lowest BCUT2D eigenvalue weighted by molar-refractivity contribution is 0.203. The van der Waals surface area contributed by atoms with E-state index in [0.717, 1.165) is 37.2 Å². The molecular weight excluding hydrogens is 272 g/mol. The van der Waals surface area contributed by atoms with Gasteiger partial charge in [-0.05, 0) is 43.6 Å². The van der Waals surface area contributed by atoms with Crippen molar-refractivity contribution in [3.63, 3.8) is 0 Å². The van der Waals surface area contributed by atoms with Crippen LogP contribution in [-0.4, -0.2) is 28.0 Å². The predicted molar refractivity (Wildman–Crippen MR) is 75.6 cm³/mol. The molecule has 1 saturated heterocycles. The smallest absolute Gasteiger partial charge is 0.159 e. The third-order valence-corrected chi connectivity index (χ3v) is 3.98. The first-order valence-corrected chi connectivity index (χ1v) is 7.14. The number of likely N-dealkylation sites (tertiary alicyclic amines) is 1. The molecule has 2 aromatic rings. The van der Waals surface area contributed by atoms with Gasteiger partial charge >= 0.3 is 0 Å². The molecule has 0 amide bonds. The molecule has 1 aliphatic rings. The zero-order chi connectivity index (χ0) is 14.7. The number of hydrogen-bond donors (Lipinski definition) is 0.